The monoisotopic (exact) mass is 330 g/mol. The number of likely N-dealkylation sites (tertiary alicyclic amines) is 1. The van der Waals surface area contributed by atoms with Crippen LogP contribution in [0.4, 0.5) is 0 Å². The Morgan fingerprint density at radius 3 is 2.83 bits per heavy atom. The summed E-state index contributed by atoms with van der Waals surface area (Å²) in [6.45, 7) is 10.3. The number of fused-ring (bicyclic) bond motifs is 1. The number of imidazole rings is 1. The standard InChI is InChI=1S/C18H26N4S/c1-15-4-5-17(23-15)13-21-11-16(10-20-7-2-3-8-20)12-22-9-6-19-18(22)14-21/h4-6,9,16H,2-3,7-8,10-14H2,1H3/t16-/m0/s1. The highest BCUT2D eigenvalue weighted by Gasteiger charge is 2.25. The van der Waals surface area contributed by atoms with Gasteiger partial charge in [0, 0.05) is 54.2 Å². The van der Waals surface area contributed by atoms with E-state index in [2.05, 4.69) is 44.6 Å². The molecule has 0 aliphatic carbocycles. The third kappa shape index (κ3) is 3.67. The number of thiophene rings is 1. The van der Waals surface area contributed by atoms with Gasteiger partial charge in [-0.15, -0.1) is 11.3 Å². The maximum Gasteiger partial charge on any atom is 0.122 e. The van der Waals surface area contributed by atoms with Crippen LogP contribution in [0.5, 0.6) is 0 Å². The zero-order chi connectivity index (χ0) is 15.6. The summed E-state index contributed by atoms with van der Waals surface area (Å²) in [7, 11) is 0. The second-order valence-electron chi connectivity index (χ2n) is 7.05. The van der Waals surface area contributed by atoms with Gasteiger partial charge in [-0.25, -0.2) is 4.98 Å². The molecular formula is C18H26N4S. The molecule has 5 heteroatoms. The van der Waals surface area contributed by atoms with Crippen molar-refractivity contribution in [3.05, 3.63) is 40.1 Å². The van der Waals surface area contributed by atoms with E-state index in [1.54, 1.807) is 0 Å². The van der Waals surface area contributed by atoms with Crippen LogP contribution in [0.25, 0.3) is 0 Å². The Morgan fingerprint density at radius 2 is 2.04 bits per heavy atom. The predicted octanol–water partition coefficient (Wildman–Crippen LogP) is 2.98. The summed E-state index contributed by atoms with van der Waals surface area (Å²) in [4.78, 5) is 12.7. The quantitative estimate of drug-likeness (QED) is 0.861. The van der Waals surface area contributed by atoms with E-state index in [0.29, 0.717) is 5.92 Å². The summed E-state index contributed by atoms with van der Waals surface area (Å²) >= 11 is 1.93. The van der Waals surface area contributed by atoms with Crippen LogP contribution in [0.3, 0.4) is 0 Å². The summed E-state index contributed by atoms with van der Waals surface area (Å²) < 4.78 is 2.38. The number of aromatic nitrogens is 2. The Balaban J connectivity index is 1.49. The zero-order valence-corrected chi connectivity index (χ0v) is 14.8. The van der Waals surface area contributed by atoms with Crippen molar-refractivity contribution in [2.24, 2.45) is 5.92 Å². The minimum Gasteiger partial charge on any atom is -0.333 e. The lowest BCUT2D eigenvalue weighted by Gasteiger charge is -2.26. The first-order valence-electron chi connectivity index (χ1n) is 8.76. The summed E-state index contributed by atoms with van der Waals surface area (Å²) in [5.74, 6) is 1.92. The first kappa shape index (κ1) is 15.4. The van der Waals surface area contributed by atoms with Crippen LogP contribution in [-0.2, 0) is 19.6 Å². The number of nitrogens with zero attached hydrogens (tertiary/aromatic N) is 4. The highest BCUT2D eigenvalue weighted by molar-refractivity contribution is 7.11. The molecule has 0 amide bonds. The van der Waals surface area contributed by atoms with E-state index in [-0.39, 0.29) is 0 Å². The number of aryl methyl sites for hydroxylation is 1. The normalized spacial score (nSPS) is 23.1. The number of hydrogen-bond donors (Lipinski definition) is 0. The van der Waals surface area contributed by atoms with Crippen molar-refractivity contribution in [3.8, 4) is 0 Å². The predicted molar refractivity (Wildman–Crippen MR) is 94.6 cm³/mol. The molecule has 2 aromatic heterocycles. The second kappa shape index (κ2) is 6.75. The molecule has 1 fully saturated rings. The molecule has 2 aromatic rings. The van der Waals surface area contributed by atoms with E-state index in [1.165, 1.54) is 54.6 Å². The molecule has 0 radical (unpaired) electrons. The van der Waals surface area contributed by atoms with Crippen LogP contribution in [0.2, 0.25) is 0 Å². The third-order valence-corrected chi connectivity index (χ3v) is 6.01. The van der Waals surface area contributed by atoms with Crippen molar-refractivity contribution in [2.75, 3.05) is 26.2 Å². The highest BCUT2D eigenvalue weighted by atomic mass is 32.1. The van der Waals surface area contributed by atoms with Gasteiger partial charge in [-0.1, -0.05) is 0 Å². The largest absolute Gasteiger partial charge is 0.333 e. The molecule has 0 bridgehead atoms. The van der Waals surface area contributed by atoms with Crippen LogP contribution in [0.1, 0.15) is 28.4 Å². The molecule has 1 atom stereocenters. The van der Waals surface area contributed by atoms with Crippen LogP contribution in [-0.4, -0.2) is 45.5 Å². The van der Waals surface area contributed by atoms with Crippen LogP contribution in [0, 0.1) is 12.8 Å². The van der Waals surface area contributed by atoms with Gasteiger partial charge >= 0.3 is 0 Å². The molecule has 0 saturated carbocycles. The summed E-state index contributed by atoms with van der Waals surface area (Å²) in [6.07, 6.45) is 6.87. The molecular weight excluding hydrogens is 304 g/mol. The Labute approximate surface area is 142 Å². The Bertz CT molecular complexity index is 641. The van der Waals surface area contributed by atoms with Crippen molar-refractivity contribution in [1.82, 2.24) is 19.4 Å². The topological polar surface area (TPSA) is 24.3 Å². The minimum atomic E-state index is 0.699. The first-order chi connectivity index (χ1) is 11.3. The van der Waals surface area contributed by atoms with Crippen LogP contribution < -0.4 is 0 Å². The fourth-order valence-corrected chi connectivity index (χ4v) is 4.91. The van der Waals surface area contributed by atoms with Crippen molar-refractivity contribution in [1.29, 1.82) is 0 Å². The second-order valence-corrected chi connectivity index (χ2v) is 8.42. The molecule has 4 rings (SSSR count). The first-order valence-corrected chi connectivity index (χ1v) is 9.58. The Hall–Kier alpha value is -1.17. The minimum absolute atomic E-state index is 0.699. The van der Waals surface area contributed by atoms with E-state index >= 15 is 0 Å². The molecule has 124 valence electrons. The van der Waals surface area contributed by atoms with Crippen molar-refractivity contribution in [2.45, 2.75) is 39.4 Å². The van der Waals surface area contributed by atoms with Gasteiger partial charge in [0.2, 0.25) is 0 Å². The lowest BCUT2D eigenvalue weighted by atomic mass is 10.1. The number of rotatable bonds is 4. The maximum absolute atomic E-state index is 4.59. The molecule has 0 spiro atoms. The van der Waals surface area contributed by atoms with E-state index in [0.717, 1.165) is 19.6 Å². The Morgan fingerprint density at radius 1 is 1.17 bits per heavy atom. The third-order valence-electron chi connectivity index (χ3n) is 5.03. The van der Waals surface area contributed by atoms with Gasteiger partial charge in [0.05, 0.1) is 6.54 Å². The van der Waals surface area contributed by atoms with Gasteiger partial charge in [0.15, 0.2) is 0 Å². The molecule has 2 aliphatic rings. The van der Waals surface area contributed by atoms with E-state index < -0.39 is 0 Å². The van der Waals surface area contributed by atoms with Gasteiger partial charge in [-0.2, -0.15) is 0 Å². The van der Waals surface area contributed by atoms with Gasteiger partial charge in [0.1, 0.15) is 5.82 Å². The van der Waals surface area contributed by atoms with E-state index in [1.807, 2.05) is 17.5 Å². The number of hydrogen-bond acceptors (Lipinski definition) is 4. The van der Waals surface area contributed by atoms with Crippen molar-refractivity contribution < 1.29 is 0 Å². The van der Waals surface area contributed by atoms with Gasteiger partial charge in [-0.05, 0) is 45.0 Å². The van der Waals surface area contributed by atoms with Crippen LogP contribution in [0.15, 0.2) is 24.5 Å². The van der Waals surface area contributed by atoms with Gasteiger partial charge in [-0.3, -0.25) is 4.90 Å². The van der Waals surface area contributed by atoms with Crippen molar-refractivity contribution in [3.63, 3.8) is 0 Å². The molecule has 1 saturated heterocycles. The summed E-state index contributed by atoms with van der Waals surface area (Å²) in [6, 6.07) is 4.52. The van der Waals surface area contributed by atoms with Crippen LogP contribution >= 0.6 is 11.3 Å². The van der Waals surface area contributed by atoms with Crippen molar-refractivity contribution >= 4 is 11.3 Å². The summed E-state index contributed by atoms with van der Waals surface area (Å²) in [5.41, 5.74) is 0. The molecule has 4 nitrogen and oxygen atoms in total. The van der Waals surface area contributed by atoms with E-state index in [9.17, 15) is 0 Å². The molecule has 0 aromatic carbocycles. The smallest absolute Gasteiger partial charge is 0.122 e. The SMILES string of the molecule is Cc1ccc(CN2Cc3nccn3C[C@@H](CN3CCCC3)C2)s1. The highest BCUT2D eigenvalue weighted by Crippen LogP contribution is 2.23. The lowest BCUT2D eigenvalue weighted by Crippen LogP contribution is -2.35. The summed E-state index contributed by atoms with van der Waals surface area (Å²) in [5, 5.41) is 0. The molecule has 4 heterocycles. The van der Waals surface area contributed by atoms with Gasteiger partial charge < -0.3 is 9.47 Å². The van der Waals surface area contributed by atoms with E-state index in [4.69, 9.17) is 0 Å². The Kier molecular flexibility index (Phi) is 4.51. The molecule has 23 heavy (non-hydrogen) atoms. The fourth-order valence-electron chi connectivity index (χ4n) is 3.98. The maximum atomic E-state index is 4.59. The van der Waals surface area contributed by atoms with Gasteiger partial charge in [0.25, 0.3) is 0 Å². The lowest BCUT2D eigenvalue weighted by molar-refractivity contribution is 0.183. The fraction of sp³-hybridized carbons (Fsp3) is 0.611. The molecule has 0 N–H and O–H groups in total. The molecule has 0 unspecified atom stereocenters. The molecule has 2 aliphatic heterocycles. The average molecular weight is 331 g/mol. The zero-order valence-electron chi connectivity index (χ0n) is 13.9. The average Bonchev–Trinajstić information content (AvgIpc) is 3.23.